The first-order valence-corrected chi connectivity index (χ1v) is 8.72. The van der Waals surface area contributed by atoms with Gasteiger partial charge in [0.15, 0.2) is 0 Å². The first-order chi connectivity index (χ1) is 12.2. The summed E-state index contributed by atoms with van der Waals surface area (Å²) in [6.07, 6.45) is -4.43. The van der Waals surface area contributed by atoms with Gasteiger partial charge in [0, 0.05) is 25.0 Å². The highest BCUT2D eigenvalue weighted by Crippen LogP contribution is 2.34. The fraction of sp³-hybridized carbons (Fsp3) is 0.278. The summed E-state index contributed by atoms with van der Waals surface area (Å²) in [4.78, 5) is 1.64. The molecule has 1 N–H and O–H groups in total. The molecule has 0 amide bonds. The Morgan fingerprint density at radius 1 is 1.12 bits per heavy atom. The maximum atomic E-state index is 13.3. The summed E-state index contributed by atoms with van der Waals surface area (Å²) in [6.45, 7) is 2.97. The number of thiophene rings is 1. The lowest BCUT2D eigenvalue weighted by molar-refractivity contribution is -0.143. The summed E-state index contributed by atoms with van der Waals surface area (Å²) < 4.78 is 52.8. The molecule has 0 aliphatic heterocycles. The quantitative estimate of drug-likeness (QED) is 0.635. The Hall–Kier alpha value is -2.19. The van der Waals surface area contributed by atoms with Crippen molar-refractivity contribution in [3.05, 3.63) is 63.9 Å². The third-order valence-corrected chi connectivity index (χ3v) is 5.12. The molecule has 138 valence electrons. The van der Waals surface area contributed by atoms with Gasteiger partial charge in [0.05, 0.1) is 4.88 Å². The van der Waals surface area contributed by atoms with Crippen molar-refractivity contribution in [3.63, 3.8) is 0 Å². The molecule has 3 rings (SSSR count). The van der Waals surface area contributed by atoms with E-state index in [1.54, 1.807) is 12.1 Å². The first kappa shape index (κ1) is 18.6. The second-order valence-corrected chi connectivity index (χ2v) is 7.14. The van der Waals surface area contributed by atoms with Gasteiger partial charge in [0.25, 0.3) is 0 Å². The predicted molar refractivity (Wildman–Crippen MR) is 93.2 cm³/mol. The Kier molecular flexibility index (Phi) is 5.15. The topological polar surface area (TPSA) is 29.9 Å². The lowest BCUT2D eigenvalue weighted by atomic mass is 10.1. The van der Waals surface area contributed by atoms with E-state index in [2.05, 4.69) is 10.4 Å². The van der Waals surface area contributed by atoms with Gasteiger partial charge >= 0.3 is 6.18 Å². The van der Waals surface area contributed by atoms with Crippen LogP contribution in [0.1, 0.15) is 21.7 Å². The molecule has 3 nitrogen and oxygen atoms in total. The number of halogens is 4. The van der Waals surface area contributed by atoms with Crippen molar-refractivity contribution in [1.82, 2.24) is 15.1 Å². The van der Waals surface area contributed by atoms with Crippen LogP contribution in [0, 0.1) is 12.7 Å². The number of rotatable bonds is 5. The Morgan fingerprint density at radius 2 is 1.88 bits per heavy atom. The summed E-state index contributed by atoms with van der Waals surface area (Å²) in [7, 11) is 1.28. The lowest BCUT2D eigenvalue weighted by Gasteiger charge is -2.07. The van der Waals surface area contributed by atoms with E-state index in [1.807, 2.05) is 13.0 Å². The zero-order chi connectivity index (χ0) is 18.9. The van der Waals surface area contributed by atoms with Crippen LogP contribution < -0.4 is 5.32 Å². The molecule has 1 aromatic carbocycles. The van der Waals surface area contributed by atoms with Gasteiger partial charge in [-0.3, -0.25) is 4.68 Å². The number of aromatic nitrogens is 2. The average molecular weight is 383 g/mol. The second-order valence-electron chi connectivity index (χ2n) is 5.98. The summed E-state index contributed by atoms with van der Waals surface area (Å²) in [5.41, 5.74) is 1.40. The molecule has 0 saturated carbocycles. The molecule has 0 bridgehead atoms. The van der Waals surface area contributed by atoms with Crippen molar-refractivity contribution in [2.24, 2.45) is 7.05 Å². The molecule has 0 fully saturated rings. The molecule has 0 spiro atoms. The highest BCUT2D eigenvalue weighted by Gasteiger charge is 2.35. The number of alkyl halides is 3. The molecule has 2 aromatic heterocycles. The molecular weight excluding hydrogens is 366 g/mol. The number of aryl methyl sites for hydroxylation is 2. The molecule has 0 atom stereocenters. The molecule has 2 heterocycles. The van der Waals surface area contributed by atoms with Crippen molar-refractivity contribution in [1.29, 1.82) is 0 Å². The zero-order valence-electron chi connectivity index (χ0n) is 14.2. The molecule has 0 aliphatic carbocycles. The normalized spacial score (nSPS) is 11.9. The van der Waals surface area contributed by atoms with Gasteiger partial charge < -0.3 is 5.32 Å². The fourth-order valence-corrected chi connectivity index (χ4v) is 3.55. The van der Waals surface area contributed by atoms with Crippen molar-refractivity contribution < 1.29 is 17.6 Å². The molecule has 26 heavy (non-hydrogen) atoms. The maximum Gasteiger partial charge on any atom is 0.433 e. The van der Waals surface area contributed by atoms with E-state index >= 15 is 0 Å². The van der Waals surface area contributed by atoms with E-state index in [0.29, 0.717) is 23.7 Å². The van der Waals surface area contributed by atoms with Crippen molar-refractivity contribution >= 4 is 11.3 Å². The van der Waals surface area contributed by atoms with E-state index in [1.165, 1.54) is 30.5 Å². The number of benzene rings is 1. The van der Waals surface area contributed by atoms with Crippen LogP contribution in [-0.4, -0.2) is 9.78 Å². The van der Waals surface area contributed by atoms with E-state index in [4.69, 9.17) is 0 Å². The van der Waals surface area contributed by atoms with Crippen LogP contribution in [-0.2, 0) is 26.3 Å². The Bertz CT molecular complexity index is 912. The van der Waals surface area contributed by atoms with Crippen LogP contribution in [0.3, 0.4) is 0 Å². The summed E-state index contributed by atoms with van der Waals surface area (Å²) >= 11 is 1.38. The number of nitrogens with one attached hydrogen (secondary N) is 1. The Labute approximate surface area is 152 Å². The van der Waals surface area contributed by atoms with E-state index in [-0.39, 0.29) is 5.82 Å². The van der Waals surface area contributed by atoms with Crippen LogP contribution in [0.5, 0.6) is 0 Å². The van der Waals surface area contributed by atoms with Crippen LogP contribution >= 0.6 is 11.3 Å². The van der Waals surface area contributed by atoms with Crippen LogP contribution in [0.25, 0.3) is 10.6 Å². The summed E-state index contributed by atoms with van der Waals surface area (Å²) in [5.74, 6) is -0.276. The van der Waals surface area contributed by atoms with Gasteiger partial charge in [-0.15, -0.1) is 11.3 Å². The van der Waals surface area contributed by atoms with Crippen molar-refractivity contribution in [3.8, 4) is 10.6 Å². The van der Waals surface area contributed by atoms with Crippen molar-refractivity contribution in [2.75, 3.05) is 0 Å². The minimum Gasteiger partial charge on any atom is -0.308 e. The maximum absolute atomic E-state index is 13.3. The lowest BCUT2D eigenvalue weighted by Crippen LogP contribution is -2.12. The van der Waals surface area contributed by atoms with Crippen LogP contribution in [0.4, 0.5) is 17.6 Å². The van der Waals surface area contributed by atoms with Crippen molar-refractivity contribution in [2.45, 2.75) is 26.2 Å². The molecule has 0 aliphatic rings. The Balaban J connectivity index is 1.66. The van der Waals surface area contributed by atoms with Gasteiger partial charge in [-0.1, -0.05) is 6.07 Å². The van der Waals surface area contributed by atoms with Gasteiger partial charge in [-0.25, -0.2) is 4.39 Å². The van der Waals surface area contributed by atoms with E-state index in [9.17, 15) is 17.6 Å². The minimum atomic E-state index is -4.43. The molecule has 8 heteroatoms. The summed E-state index contributed by atoms with van der Waals surface area (Å²) in [5, 5.41) is 7.18. The van der Waals surface area contributed by atoms with Crippen LogP contribution in [0.2, 0.25) is 0 Å². The minimum absolute atomic E-state index is 0.276. The molecule has 0 unspecified atom stereocenters. The fourth-order valence-electron chi connectivity index (χ4n) is 2.61. The number of hydrogen-bond donors (Lipinski definition) is 1. The number of hydrogen-bond acceptors (Lipinski definition) is 3. The highest BCUT2D eigenvalue weighted by atomic mass is 32.1. The van der Waals surface area contributed by atoms with Crippen LogP contribution in [0.15, 0.2) is 36.4 Å². The Morgan fingerprint density at radius 3 is 2.58 bits per heavy atom. The monoisotopic (exact) mass is 383 g/mol. The standard InChI is InChI=1S/C18H17F4N3S/c1-11-3-4-13(19)7-12(11)9-23-10-14-5-6-16(26-14)15-8-17(18(20,21)22)25(2)24-15/h3-8,23H,9-10H2,1-2H3. The van der Waals surface area contributed by atoms with Gasteiger partial charge in [-0.05, 0) is 48.4 Å². The molecule has 0 radical (unpaired) electrons. The molecular formula is C18H17F4N3S. The smallest absolute Gasteiger partial charge is 0.308 e. The summed E-state index contributed by atoms with van der Waals surface area (Å²) in [6, 6.07) is 9.32. The number of nitrogens with zero attached hydrogens (tertiary/aromatic N) is 2. The second kappa shape index (κ2) is 7.20. The third kappa shape index (κ3) is 4.13. The average Bonchev–Trinajstić information content (AvgIpc) is 3.17. The van der Waals surface area contributed by atoms with Gasteiger partial charge in [0.1, 0.15) is 17.2 Å². The third-order valence-electron chi connectivity index (χ3n) is 4.01. The SMILES string of the molecule is Cc1ccc(F)cc1CNCc1ccc(-c2cc(C(F)(F)F)n(C)n2)s1. The van der Waals surface area contributed by atoms with Gasteiger partial charge in [0.2, 0.25) is 0 Å². The zero-order valence-corrected chi connectivity index (χ0v) is 15.0. The van der Waals surface area contributed by atoms with E-state index in [0.717, 1.165) is 26.8 Å². The largest absolute Gasteiger partial charge is 0.433 e. The molecule has 0 saturated heterocycles. The van der Waals surface area contributed by atoms with E-state index < -0.39 is 11.9 Å². The van der Waals surface area contributed by atoms with Gasteiger partial charge in [-0.2, -0.15) is 18.3 Å². The predicted octanol–water partition coefficient (Wildman–Crippen LogP) is 4.90. The first-order valence-electron chi connectivity index (χ1n) is 7.90. The highest BCUT2D eigenvalue weighted by molar-refractivity contribution is 7.15. The molecule has 3 aromatic rings.